The molecule has 1 aliphatic carbocycles. The van der Waals surface area contributed by atoms with Crippen molar-refractivity contribution in [1.82, 2.24) is 15.2 Å². The highest BCUT2D eigenvalue weighted by atomic mass is 19.4. The molecule has 3 atom stereocenters. The SMILES string of the molecule is CN(C(=O)c1ccc(C(F)(F)F)nc1)[C@H]1C[C@H]2CNC(=O)C[C@H]2C1. The second-order valence-corrected chi connectivity index (χ2v) is 6.50. The van der Waals surface area contributed by atoms with Gasteiger partial charge in [0, 0.05) is 32.3 Å². The number of nitrogens with zero attached hydrogens (tertiary/aromatic N) is 2. The van der Waals surface area contributed by atoms with Crippen LogP contribution in [0.2, 0.25) is 0 Å². The highest BCUT2D eigenvalue weighted by Gasteiger charge is 2.41. The van der Waals surface area contributed by atoms with Crippen molar-refractivity contribution >= 4 is 11.8 Å². The Morgan fingerprint density at radius 2 is 2.00 bits per heavy atom. The molecule has 0 aromatic carbocycles. The van der Waals surface area contributed by atoms with Crippen molar-refractivity contribution in [1.29, 1.82) is 0 Å². The number of rotatable bonds is 2. The molecule has 1 aliphatic heterocycles. The molecule has 1 aromatic heterocycles. The highest BCUT2D eigenvalue weighted by molar-refractivity contribution is 5.94. The zero-order valence-electron chi connectivity index (χ0n) is 13.1. The standard InChI is InChI=1S/C16H18F3N3O2/c1-22(12-4-10-6-14(23)21-8-11(10)5-12)15(24)9-2-3-13(20-7-9)16(17,18)19/h2-3,7,10-12H,4-6,8H2,1H3,(H,21,23)/t10-,11+,12-/m1/s1. The molecule has 5 nitrogen and oxygen atoms in total. The quantitative estimate of drug-likeness (QED) is 0.896. The van der Waals surface area contributed by atoms with Gasteiger partial charge in [-0.05, 0) is 36.8 Å². The van der Waals surface area contributed by atoms with Crippen LogP contribution in [0.25, 0.3) is 0 Å². The van der Waals surface area contributed by atoms with Gasteiger partial charge in [0.25, 0.3) is 5.91 Å². The lowest BCUT2D eigenvalue weighted by Gasteiger charge is -2.25. The molecule has 0 radical (unpaired) electrons. The molecule has 3 rings (SSSR count). The number of amides is 2. The summed E-state index contributed by atoms with van der Waals surface area (Å²) < 4.78 is 37.6. The molecule has 2 amide bonds. The van der Waals surface area contributed by atoms with Crippen LogP contribution in [0.3, 0.4) is 0 Å². The van der Waals surface area contributed by atoms with Gasteiger partial charge in [0.15, 0.2) is 0 Å². The summed E-state index contributed by atoms with van der Waals surface area (Å²) in [5, 5.41) is 2.84. The molecule has 2 aliphatic rings. The van der Waals surface area contributed by atoms with Crippen LogP contribution in [0, 0.1) is 11.8 Å². The highest BCUT2D eigenvalue weighted by Crippen LogP contribution is 2.38. The Morgan fingerprint density at radius 1 is 1.29 bits per heavy atom. The normalized spacial score (nSPS) is 26.7. The van der Waals surface area contributed by atoms with Gasteiger partial charge in [-0.3, -0.25) is 14.6 Å². The van der Waals surface area contributed by atoms with Gasteiger partial charge < -0.3 is 10.2 Å². The summed E-state index contributed by atoms with van der Waals surface area (Å²) in [6, 6.07) is 1.96. The van der Waals surface area contributed by atoms with Crippen molar-refractivity contribution < 1.29 is 22.8 Å². The molecule has 0 bridgehead atoms. The Labute approximate surface area is 137 Å². The van der Waals surface area contributed by atoms with E-state index in [4.69, 9.17) is 0 Å². The maximum atomic E-state index is 12.5. The van der Waals surface area contributed by atoms with Crippen LogP contribution >= 0.6 is 0 Å². The number of fused-ring (bicyclic) bond motifs is 1. The van der Waals surface area contributed by atoms with Crippen LogP contribution in [0.15, 0.2) is 18.3 Å². The number of hydrogen-bond donors (Lipinski definition) is 1. The fourth-order valence-electron chi connectivity index (χ4n) is 3.61. The van der Waals surface area contributed by atoms with E-state index in [1.54, 1.807) is 11.9 Å². The molecule has 1 saturated carbocycles. The van der Waals surface area contributed by atoms with Crippen LogP contribution in [-0.4, -0.2) is 41.3 Å². The van der Waals surface area contributed by atoms with Crippen LogP contribution in [0.4, 0.5) is 13.2 Å². The Kier molecular flexibility index (Phi) is 4.23. The maximum Gasteiger partial charge on any atom is 0.433 e. The molecule has 0 unspecified atom stereocenters. The maximum absolute atomic E-state index is 12.5. The average molecular weight is 341 g/mol. The number of carbonyl (C=O) groups is 2. The van der Waals surface area contributed by atoms with Crippen LogP contribution in [0.1, 0.15) is 35.3 Å². The minimum atomic E-state index is -4.52. The van der Waals surface area contributed by atoms with Crippen molar-refractivity contribution in [3.63, 3.8) is 0 Å². The summed E-state index contributed by atoms with van der Waals surface area (Å²) in [5.74, 6) is 0.315. The monoisotopic (exact) mass is 341 g/mol. The van der Waals surface area contributed by atoms with Crippen molar-refractivity contribution in [2.24, 2.45) is 11.8 Å². The summed E-state index contributed by atoms with van der Waals surface area (Å²) in [7, 11) is 1.65. The lowest BCUT2D eigenvalue weighted by Crippen LogP contribution is -2.38. The zero-order valence-corrected chi connectivity index (χ0v) is 13.1. The van der Waals surface area contributed by atoms with E-state index >= 15 is 0 Å². The molecule has 130 valence electrons. The first kappa shape index (κ1) is 16.7. The van der Waals surface area contributed by atoms with E-state index < -0.39 is 11.9 Å². The third-order valence-electron chi connectivity index (χ3n) is 4.99. The number of halogens is 3. The second-order valence-electron chi connectivity index (χ2n) is 6.50. The number of pyridine rings is 1. The topological polar surface area (TPSA) is 62.3 Å². The van der Waals surface area contributed by atoms with Gasteiger partial charge in [0.1, 0.15) is 5.69 Å². The van der Waals surface area contributed by atoms with Crippen LogP contribution in [-0.2, 0) is 11.0 Å². The van der Waals surface area contributed by atoms with Crippen molar-refractivity contribution in [3.05, 3.63) is 29.6 Å². The first-order valence-electron chi connectivity index (χ1n) is 7.83. The lowest BCUT2D eigenvalue weighted by atomic mass is 9.89. The van der Waals surface area contributed by atoms with E-state index in [1.807, 2.05) is 0 Å². The Bertz CT molecular complexity index is 645. The number of aromatic nitrogens is 1. The van der Waals surface area contributed by atoms with Crippen LogP contribution < -0.4 is 5.32 Å². The fraction of sp³-hybridized carbons (Fsp3) is 0.562. The molecule has 0 spiro atoms. The first-order valence-corrected chi connectivity index (χ1v) is 7.83. The molecule has 2 fully saturated rings. The predicted octanol–water partition coefficient (Wildman–Crippen LogP) is 2.09. The van der Waals surface area contributed by atoms with Gasteiger partial charge in [0.05, 0.1) is 5.56 Å². The predicted molar refractivity (Wildman–Crippen MR) is 79.0 cm³/mol. The first-order chi connectivity index (χ1) is 11.3. The van der Waals surface area contributed by atoms with E-state index in [9.17, 15) is 22.8 Å². The summed E-state index contributed by atoms with van der Waals surface area (Å²) in [5.41, 5.74) is -0.882. The average Bonchev–Trinajstić information content (AvgIpc) is 2.95. The molecule has 24 heavy (non-hydrogen) atoms. The van der Waals surface area contributed by atoms with E-state index in [1.165, 1.54) is 0 Å². The summed E-state index contributed by atoms with van der Waals surface area (Å²) in [4.78, 5) is 28.8. The lowest BCUT2D eigenvalue weighted by molar-refractivity contribution is -0.141. The Balaban J connectivity index is 1.68. The molecule has 8 heteroatoms. The Morgan fingerprint density at radius 3 is 2.62 bits per heavy atom. The van der Waals surface area contributed by atoms with Crippen molar-refractivity contribution in [3.8, 4) is 0 Å². The van der Waals surface area contributed by atoms with E-state index in [0.29, 0.717) is 18.9 Å². The van der Waals surface area contributed by atoms with E-state index in [-0.39, 0.29) is 29.3 Å². The van der Waals surface area contributed by atoms with Gasteiger partial charge >= 0.3 is 6.18 Å². The van der Waals surface area contributed by atoms with E-state index in [0.717, 1.165) is 31.2 Å². The molecule has 1 aromatic rings. The molecule has 1 saturated heterocycles. The molecular weight excluding hydrogens is 323 g/mol. The number of carbonyl (C=O) groups excluding carboxylic acids is 2. The molecular formula is C16H18F3N3O2. The fourth-order valence-corrected chi connectivity index (χ4v) is 3.61. The van der Waals surface area contributed by atoms with Gasteiger partial charge in [-0.15, -0.1) is 0 Å². The summed E-state index contributed by atoms with van der Waals surface area (Å²) >= 11 is 0. The number of hydrogen-bond acceptors (Lipinski definition) is 3. The van der Waals surface area contributed by atoms with Gasteiger partial charge in [0.2, 0.25) is 5.91 Å². The van der Waals surface area contributed by atoms with Crippen LogP contribution in [0.5, 0.6) is 0 Å². The van der Waals surface area contributed by atoms with Gasteiger partial charge in [-0.1, -0.05) is 0 Å². The number of alkyl halides is 3. The second kappa shape index (κ2) is 6.07. The van der Waals surface area contributed by atoms with Gasteiger partial charge in [-0.2, -0.15) is 13.2 Å². The minimum absolute atomic E-state index is 0.0116. The van der Waals surface area contributed by atoms with Crippen molar-refractivity contribution in [2.45, 2.75) is 31.5 Å². The molecule has 2 heterocycles. The summed E-state index contributed by atoms with van der Waals surface area (Å²) in [6.45, 7) is 0.629. The van der Waals surface area contributed by atoms with E-state index in [2.05, 4.69) is 10.3 Å². The summed E-state index contributed by atoms with van der Waals surface area (Å²) in [6.07, 6.45) is -1.54. The smallest absolute Gasteiger partial charge is 0.356 e. The van der Waals surface area contributed by atoms with Gasteiger partial charge in [-0.25, -0.2) is 0 Å². The number of nitrogens with one attached hydrogen (secondary N) is 1. The largest absolute Gasteiger partial charge is 0.433 e. The van der Waals surface area contributed by atoms with Crippen molar-refractivity contribution in [2.75, 3.05) is 13.6 Å². The molecule has 1 N–H and O–H groups in total. The zero-order chi connectivity index (χ0) is 17.5. The minimum Gasteiger partial charge on any atom is -0.356 e. The number of piperidine rings is 1. The Hall–Kier alpha value is -2.12. The third-order valence-corrected chi connectivity index (χ3v) is 4.99. The third kappa shape index (κ3) is 3.22.